The zero-order valence-corrected chi connectivity index (χ0v) is 10.4. The van der Waals surface area contributed by atoms with Crippen LogP contribution < -0.4 is 5.32 Å². The normalized spacial score (nSPS) is 35.2. The largest absolute Gasteiger partial charge is 0.340 e. The van der Waals surface area contributed by atoms with Crippen molar-refractivity contribution >= 4 is 11.8 Å². The van der Waals surface area contributed by atoms with Gasteiger partial charge in [-0.3, -0.25) is 9.59 Å². The second-order valence-electron chi connectivity index (χ2n) is 6.00. The minimum Gasteiger partial charge on any atom is -0.340 e. The molecule has 1 saturated heterocycles. The lowest BCUT2D eigenvalue weighted by Crippen LogP contribution is -2.65. The van der Waals surface area contributed by atoms with Crippen molar-refractivity contribution in [2.24, 2.45) is 11.8 Å². The van der Waals surface area contributed by atoms with E-state index in [0.29, 0.717) is 5.92 Å². The SMILES string of the molecule is CC1CC1CN1CC(=O)NC2(CCCC2)C1=O. The van der Waals surface area contributed by atoms with Crippen molar-refractivity contribution in [3.8, 4) is 0 Å². The fraction of sp³-hybridized carbons (Fsp3) is 0.846. The van der Waals surface area contributed by atoms with E-state index >= 15 is 0 Å². The first-order valence-corrected chi connectivity index (χ1v) is 6.71. The Morgan fingerprint density at radius 2 is 2.00 bits per heavy atom. The van der Waals surface area contributed by atoms with E-state index in [0.717, 1.165) is 38.1 Å². The molecule has 2 atom stereocenters. The van der Waals surface area contributed by atoms with Crippen LogP contribution in [0.4, 0.5) is 0 Å². The van der Waals surface area contributed by atoms with Crippen LogP contribution in [-0.2, 0) is 9.59 Å². The number of carbonyl (C=O) groups excluding carboxylic acids is 2. The van der Waals surface area contributed by atoms with Gasteiger partial charge in [-0.05, 0) is 31.1 Å². The molecule has 3 rings (SSSR count). The highest BCUT2D eigenvalue weighted by Crippen LogP contribution is 2.40. The summed E-state index contributed by atoms with van der Waals surface area (Å²) in [7, 11) is 0. The molecule has 0 bridgehead atoms. The van der Waals surface area contributed by atoms with E-state index in [2.05, 4.69) is 12.2 Å². The molecule has 2 amide bonds. The molecule has 1 N–H and O–H groups in total. The number of rotatable bonds is 2. The van der Waals surface area contributed by atoms with Crippen molar-refractivity contribution in [1.29, 1.82) is 0 Å². The van der Waals surface area contributed by atoms with E-state index in [1.807, 2.05) is 0 Å². The molecule has 1 heterocycles. The summed E-state index contributed by atoms with van der Waals surface area (Å²) < 4.78 is 0. The van der Waals surface area contributed by atoms with Crippen molar-refractivity contribution in [2.75, 3.05) is 13.1 Å². The van der Waals surface area contributed by atoms with Gasteiger partial charge < -0.3 is 10.2 Å². The highest BCUT2D eigenvalue weighted by Gasteiger charge is 2.49. The van der Waals surface area contributed by atoms with Gasteiger partial charge in [0.2, 0.25) is 11.8 Å². The van der Waals surface area contributed by atoms with Gasteiger partial charge in [0.15, 0.2) is 0 Å². The molecule has 0 radical (unpaired) electrons. The zero-order chi connectivity index (χ0) is 12.0. The summed E-state index contributed by atoms with van der Waals surface area (Å²) in [6.07, 6.45) is 4.97. The van der Waals surface area contributed by atoms with Crippen molar-refractivity contribution in [2.45, 2.75) is 44.6 Å². The monoisotopic (exact) mass is 236 g/mol. The number of nitrogens with one attached hydrogen (secondary N) is 1. The third-order valence-electron chi connectivity index (χ3n) is 4.60. The summed E-state index contributed by atoms with van der Waals surface area (Å²) in [4.78, 5) is 26.0. The molecule has 3 fully saturated rings. The predicted octanol–water partition coefficient (Wildman–Crippen LogP) is 0.914. The molecule has 1 spiro atoms. The summed E-state index contributed by atoms with van der Waals surface area (Å²) in [5.41, 5.74) is -0.534. The number of nitrogens with zero attached hydrogens (tertiary/aromatic N) is 1. The highest BCUT2D eigenvalue weighted by molar-refractivity contribution is 5.98. The van der Waals surface area contributed by atoms with E-state index in [9.17, 15) is 9.59 Å². The minimum atomic E-state index is -0.534. The second kappa shape index (κ2) is 3.72. The van der Waals surface area contributed by atoms with Gasteiger partial charge in [-0.1, -0.05) is 19.8 Å². The van der Waals surface area contributed by atoms with E-state index in [1.54, 1.807) is 4.90 Å². The molecular weight excluding hydrogens is 216 g/mol. The first kappa shape index (κ1) is 11.1. The molecule has 2 aliphatic carbocycles. The van der Waals surface area contributed by atoms with Crippen LogP contribution in [0.2, 0.25) is 0 Å². The Labute approximate surface area is 102 Å². The lowest BCUT2D eigenvalue weighted by Gasteiger charge is -2.39. The van der Waals surface area contributed by atoms with Crippen molar-refractivity contribution in [3.63, 3.8) is 0 Å². The van der Waals surface area contributed by atoms with Crippen LogP contribution in [-0.4, -0.2) is 35.3 Å². The van der Waals surface area contributed by atoms with Crippen molar-refractivity contribution < 1.29 is 9.59 Å². The Bertz CT molecular complexity index is 360. The molecule has 0 aromatic heterocycles. The quantitative estimate of drug-likeness (QED) is 0.775. The van der Waals surface area contributed by atoms with Crippen LogP contribution in [0, 0.1) is 11.8 Å². The van der Waals surface area contributed by atoms with E-state index in [1.165, 1.54) is 6.42 Å². The summed E-state index contributed by atoms with van der Waals surface area (Å²) in [6, 6.07) is 0. The average molecular weight is 236 g/mol. The van der Waals surface area contributed by atoms with Gasteiger partial charge >= 0.3 is 0 Å². The van der Waals surface area contributed by atoms with Gasteiger partial charge in [0.05, 0.1) is 6.54 Å². The van der Waals surface area contributed by atoms with Gasteiger partial charge in [-0.2, -0.15) is 0 Å². The topological polar surface area (TPSA) is 49.4 Å². The number of amides is 2. The number of hydrogen-bond acceptors (Lipinski definition) is 2. The van der Waals surface area contributed by atoms with E-state index in [4.69, 9.17) is 0 Å². The maximum atomic E-state index is 12.5. The molecule has 3 aliphatic rings. The molecule has 2 saturated carbocycles. The van der Waals surface area contributed by atoms with Crippen LogP contribution in [0.5, 0.6) is 0 Å². The Kier molecular flexibility index (Phi) is 2.42. The van der Waals surface area contributed by atoms with E-state index < -0.39 is 5.54 Å². The predicted molar refractivity (Wildman–Crippen MR) is 63.2 cm³/mol. The van der Waals surface area contributed by atoms with Gasteiger partial charge in [0.25, 0.3) is 0 Å². The summed E-state index contributed by atoms with van der Waals surface area (Å²) in [5.74, 6) is 1.56. The van der Waals surface area contributed by atoms with Crippen LogP contribution in [0.15, 0.2) is 0 Å². The number of carbonyl (C=O) groups is 2. The molecule has 4 heteroatoms. The van der Waals surface area contributed by atoms with Crippen LogP contribution in [0.1, 0.15) is 39.0 Å². The number of piperazine rings is 1. The second-order valence-corrected chi connectivity index (χ2v) is 6.00. The summed E-state index contributed by atoms with van der Waals surface area (Å²) >= 11 is 0. The molecular formula is C13H20N2O2. The van der Waals surface area contributed by atoms with Crippen molar-refractivity contribution in [3.05, 3.63) is 0 Å². The maximum Gasteiger partial charge on any atom is 0.248 e. The molecule has 0 aromatic carbocycles. The Hall–Kier alpha value is -1.06. The lowest BCUT2D eigenvalue weighted by molar-refractivity contribution is -0.150. The van der Waals surface area contributed by atoms with E-state index in [-0.39, 0.29) is 18.4 Å². The summed E-state index contributed by atoms with van der Waals surface area (Å²) in [6.45, 7) is 3.27. The van der Waals surface area contributed by atoms with Gasteiger partial charge in [0.1, 0.15) is 5.54 Å². The molecule has 1 aliphatic heterocycles. The van der Waals surface area contributed by atoms with Gasteiger partial charge in [-0.25, -0.2) is 0 Å². The molecule has 4 nitrogen and oxygen atoms in total. The molecule has 0 aromatic rings. The van der Waals surface area contributed by atoms with Crippen LogP contribution >= 0.6 is 0 Å². The smallest absolute Gasteiger partial charge is 0.248 e. The molecule has 17 heavy (non-hydrogen) atoms. The minimum absolute atomic E-state index is 0.0276. The lowest BCUT2D eigenvalue weighted by atomic mass is 9.93. The standard InChI is InChI=1S/C13H20N2O2/c1-9-6-10(9)7-15-8-11(16)14-13(12(15)17)4-2-3-5-13/h9-10H,2-8H2,1H3,(H,14,16). The van der Waals surface area contributed by atoms with Gasteiger partial charge in [-0.15, -0.1) is 0 Å². The third kappa shape index (κ3) is 1.83. The molecule has 94 valence electrons. The molecule has 2 unspecified atom stereocenters. The zero-order valence-electron chi connectivity index (χ0n) is 10.4. The maximum absolute atomic E-state index is 12.5. The number of hydrogen-bond donors (Lipinski definition) is 1. The Morgan fingerprint density at radius 1 is 1.35 bits per heavy atom. The van der Waals surface area contributed by atoms with Gasteiger partial charge in [0, 0.05) is 6.54 Å². The average Bonchev–Trinajstić information content (AvgIpc) is 2.78. The van der Waals surface area contributed by atoms with Crippen LogP contribution in [0.3, 0.4) is 0 Å². The first-order valence-electron chi connectivity index (χ1n) is 6.71. The first-order chi connectivity index (χ1) is 8.11. The van der Waals surface area contributed by atoms with Crippen molar-refractivity contribution in [1.82, 2.24) is 10.2 Å². The fourth-order valence-electron chi connectivity index (χ4n) is 3.31. The Morgan fingerprint density at radius 3 is 2.59 bits per heavy atom. The summed E-state index contributed by atoms with van der Waals surface area (Å²) in [5, 5.41) is 2.95. The fourth-order valence-corrected chi connectivity index (χ4v) is 3.31. The van der Waals surface area contributed by atoms with Crippen LogP contribution in [0.25, 0.3) is 0 Å². The highest BCUT2D eigenvalue weighted by atomic mass is 16.2. The third-order valence-corrected chi connectivity index (χ3v) is 4.60. The Balaban J connectivity index is 1.75.